The maximum absolute atomic E-state index is 15.6. The molecule has 1 aromatic carbocycles. The topological polar surface area (TPSA) is 91.3 Å². The summed E-state index contributed by atoms with van der Waals surface area (Å²) >= 11 is 7.05. The fraction of sp³-hybridized carbons (Fsp3) is 0.714. The third kappa shape index (κ3) is 5.59. The molecule has 8 unspecified atom stereocenters. The number of Topliss-reactive ketones (excluding diaryl/α,β-unsaturated/α-hetero) is 1. The molecule has 0 aromatic heterocycles. The lowest BCUT2D eigenvalue weighted by atomic mass is 9.46. The molecule has 3 aliphatic heterocycles. The molecular formula is C35H46O7S4. The molecule has 0 spiro atoms. The van der Waals surface area contributed by atoms with E-state index in [1.165, 1.54) is 0 Å². The largest absolute Gasteiger partial charge is 0.466 e. The highest BCUT2D eigenvalue weighted by Crippen LogP contribution is 2.64. The first-order valence-corrected chi connectivity index (χ1v) is 20.9. The second kappa shape index (κ2) is 13.1. The van der Waals surface area contributed by atoms with Crippen molar-refractivity contribution in [1.82, 2.24) is 0 Å². The van der Waals surface area contributed by atoms with Gasteiger partial charge in [0.2, 0.25) is 5.78 Å². The Kier molecular flexibility index (Phi) is 9.62. The monoisotopic (exact) mass is 706 g/mol. The number of ketones is 1. The van der Waals surface area contributed by atoms with Crippen molar-refractivity contribution in [3.63, 3.8) is 0 Å². The van der Waals surface area contributed by atoms with Gasteiger partial charge < -0.3 is 24.1 Å². The number of thioether (sulfide) groups is 4. The lowest BCUT2D eigenvalue weighted by Gasteiger charge is -2.64. The van der Waals surface area contributed by atoms with Gasteiger partial charge in [-0.05, 0) is 79.2 Å². The Morgan fingerprint density at radius 2 is 1.63 bits per heavy atom. The summed E-state index contributed by atoms with van der Waals surface area (Å²) in [6.07, 6.45) is 2.32. The van der Waals surface area contributed by atoms with Crippen LogP contribution in [0.25, 0.3) is 0 Å². The summed E-state index contributed by atoms with van der Waals surface area (Å²) in [7, 11) is 0. The molecule has 3 aliphatic carbocycles. The van der Waals surface area contributed by atoms with Gasteiger partial charge in [0, 0.05) is 23.7 Å². The smallest absolute Gasteiger partial charge is 0.338 e. The first-order valence-electron chi connectivity index (χ1n) is 16.7. The van der Waals surface area contributed by atoms with Crippen LogP contribution in [0, 0.1) is 28.6 Å². The molecule has 3 saturated heterocycles. The van der Waals surface area contributed by atoms with Crippen LogP contribution in [0.4, 0.5) is 0 Å². The highest BCUT2D eigenvalue weighted by Gasteiger charge is 2.71. The maximum atomic E-state index is 15.6. The van der Waals surface area contributed by atoms with Crippen molar-refractivity contribution in [2.45, 2.75) is 93.2 Å². The van der Waals surface area contributed by atoms with Gasteiger partial charge in [0.05, 0.1) is 29.8 Å². The summed E-state index contributed by atoms with van der Waals surface area (Å²) in [4.78, 5) is 29.6. The molecule has 8 atom stereocenters. The van der Waals surface area contributed by atoms with E-state index in [4.69, 9.17) is 18.9 Å². The van der Waals surface area contributed by atoms with E-state index in [0.29, 0.717) is 37.2 Å². The van der Waals surface area contributed by atoms with Crippen LogP contribution in [0.1, 0.15) is 70.2 Å². The Balaban J connectivity index is 1.41. The van der Waals surface area contributed by atoms with Crippen LogP contribution in [-0.2, 0) is 23.7 Å². The quantitative estimate of drug-likeness (QED) is 0.311. The van der Waals surface area contributed by atoms with Gasteiger partial charge in [0.1, 0.15) is 16.5 Å². The molecule has 0 radical (unpaired) electrons. The zero-order valence-corrected chi connectivity index (χ0v) is 30.4. The van der Waals surface area contributed by atoms with Gasteiger partial charge in [-0.25, -0.2) is 4.79 Å². The third-order valence-electron chi connectivity index (χ3n) is 11.5. The molecule has 7 nitrogen and oxygen atoms in total. The van der Waals surface area contributed by atoms with Crippen LogP contribution in [0.3, 0.4) is 0 Å². The predicted octanol–water partition coefficient (Wildman–Crippen LogP) is 6.99. The number of carbonyl (C=O) groups is 2. The maximum Gasteiger partial charge on any atom is 0.338 e. The minimum Gasteiger partial charge on any atom is -0.466 e. The average Bonchev–Trinajstić information content (AvgIpc) is 3.05. The predicted molar refractivity (Wildman–Crippen MR) is 187 cm³/mol. The standard InChI is InChI=1S/C35H46O7S4/c1-20-12-13-35(38)29(42-30(37)21-10-6-5-7-11-21)26-22-19-39-23(22)18-24(40-31-43-14-8-15-44-31)34(26,4)28(36)27(25(20)33(35,2)3)41-32-45-16-9-17-46-32/h5-7,10-11,20,22-24,26,29,31-32,38H,8-9,12-19H2,1-4H3/b27-25+. The van der Waals surface area contributed by atoms with Crippen molar-refractivity contribution in [3.05, 3.63) is 47.2 Å². The number of fused-ring (bicyclic) bond motifs is 5. The number of esters is 1. The summed E-state index contributed by atoms with van der Waals surface area (Å²) in [5.74, 6) is 3.23. The lowest BCUT2D eigenvalue weighted by molar-refractivity contribution is -0.276. The van der Waals surface area contributed by atoms with Crippen LogP contribution in [0.15, 0.2) is 41.7 Å². The summed E-state index contributed by atoms with van der Waals surface area (Å²) in [6, 6.07) is 8.97. The van der Waals surface area contributed by atoms with Crippen molar-refractivity contribution >= 4 is 58.8 Å². The van der Waals surface area contributed by atoms with Crippen LogP contribution < -0.4 is 0 Å². The number of ether oxygens (including phenoxy) is 4. The van der Waals surface area contributed by atoms with Crippen molar-refractivity contribution < 1.29 is 33.6 Å². The lowest BCUT2D eigenvalue weighted by Crippen LogP contribution is -2.73. The van der Waals surface area contributed by atoms with Gasteiger partial charge in [-0.15, -0.1) is 47.0 Å². The Labute approximate surface area is 289 Å². The number of benzene rings is 1. The molecule has 5 fully saturated rings. The van der Waals surface area contributed by atoms with Gasteiger partial charge in [0.15, 0.2) is 10.5 Å². The molecule has 0 amide bonds. The van der Waals surface area contributed by atoms with E-state index in [1.54, 1.807) is 59.2 Å². The van der Waals surface area contributed by atoms with Gasteiger partial charge in [-0.2, -0.15) is 0 Å². The van der Waals surface area contributed by atoms with E-state index < -0.39 is 40.5 Å². The summed E-state index contributed by atoms with van der Waals surface area (Å²) in [5.41, 5.74) is -2.23. The number of allylic oxidation sites excluding steroid dienone is 1. The van der Waals surface area contributed by atoms with Crippen LogP contribution in [0.2, 0.25) is 0 Å². The van der Waals surface area contributed by atoms with E-state index >= 15 is 4.79 Å². The van der Waals surface area contributed by atoms with E-state index in [-0.39, 0.29) is 33.3 Å². The Morgan fingerprint density at radius 3 is 2.26 bits per heavy atom. The van der Waals surface area contributed by atoms with Crippen molar-refractivity contribution in [2.24, 2.45) is 28.6 Å². The minimum absolute atomic E-state index is 0.00522. The zero-order valence-electron chi connectivity index (χ0n) is 27.1. The summed E-state index contributed by atoms with van der Waals surface area (Å²) in [5, 5.41) is 13.2. The van der Waals surface area contributed by atoms with E-state index in [1.807, 2.05) is 39.0 Å². The van der Waals surface area contributed by atoms with E-state index in [0.717, 1.165) is 41.4 Å². The highest BCUT2D eigenvalue weighted by atomic mass is 32.2. The third-order valence-corrected chi connectivity index (χ3v) is 16.8. The SMILES string of the molecule is CC1CCC2(O)C(OC(=O)c3ccccc3)C3C4COC4CC(OC4SCCCS4)C3(C)C(=O)/C(OC3SCCCS3)=C/1C2(C)C. The molecule has 252 valence electrons. The first kappa shape index (κ1) is 33.7. The zero-order chi connectivity index (χ0) is 32.3. The van der Waals surface area contributed by atoms with Gasteiger partial charge in [-0.3, -0.25) is 4.79 Å². The Bertz CT molecular complexity index is 1340. The van der Waals surface area contributed by atoms with E-state index in [2.05, 4.69) is 6.92 Å². The number of rotatable bonds is 6. The first-order chi connectivity index (χ1) is 22.1. The van der Waals surface area contributed by atoms with Crippen LogP contribution in [0.5, 0.6) is 0 Å². The minimum atomic E-state index is -1.45. The van der Waals surface area contributed by atoms with E-state index in [9.17, 15) is 9.90 Å². The fourth-order valence-electron chi connectivity index (χ4n) is 8.84. The molecule has 2 saturated carbocycles. The molecule has 46 heavy (non-hydrogen) atoms. The molecule has 7 rings (SSSR count). The molecular weight excluding hydrogens is 661 g/mol. The Hall–Kier alpha value is -0.820. The fourth-order valence-corrected chi connectivity index (χ4v) is 13.9. The molecule has 6 aliphatic rings. The number of carbonyl (C=O) groups excluding carboxylic acids is 2. The molecule has 3 heterocycles. The molecule has 2 bridgehead atoms. The normalized spacial score (nSPS) is 41.3. The Morgan fingerprint density at radius 1 is 0.978 bits per heavy atom. The highest BCUT2D eigenvalue weighted by molar-refractivity contribution is 8.17. The molecule has 11 heteroatoms. The molecule has 1 aromatic rings. The summed E-state index contributed by atoms with van der Waals surface area (Å²) in [6.45, 7) is 8.63. The molecule has 1 N–H and O–H groups in total. The second-order valence-corrected chi connectivity index (χ2v) is 19.6. The van der Waals surface area contributed by atoms with Gasteiger partial charge >= 0.3 is 5.97 Å². The number of hydrogen-bond acceptors (Lipinski definition) is 11. The van der Waals surface area contributed by atoms with Crippen molar-refractivity contribution in [3.8, 4) is 0 Å². The number of hydrogen-bond donors (Lipinski definition) is 1. The van der Waals surface area contributed by atoms with Crippen LogP contribution >= 0.6 is 47.0 Å². The van der Waals surface area contributed by atoms with Gasteiger partial charge in [0.25, 0.3) is 0 Å². The van der Waals surface area contributed by atoms with Crippen molar-refractivity contribution in [2.75, 3.05) is 29.6 Å². The summed E-state index contributed by atoms with van der Waals surface area (Å²) < 4.78 is 26.3. The van der Waals surface area contributed by atoms with Crippen LogP contribution in [-0.4, -0.2) is 79.9 Å². The number of aliphatic hydroxyl groups is 1. The van der Waals surface area contributed by atoms with Crippen molar-refractivity contribution in [1.29, 1.82) is 0 Å². The average molecular weight is 707 g/mol. The second-order valence-electron chi connectivity index (χ2n) is 14.3. The van der Waals surface area contributed by atoms with Gasteiger partial charge in [-0.1, -0.05) is 39.0 Å².